The molecule has 0 saturated heterocycles. The molecule has 0 aliphatic heterocycles. The number of rotatable bonds is 5. The molecule has 0 unspecified atom stereocenters. The Morgan fingerprint density at radius 3 is 2.84 bits per heavy atom. The Balaban J connectivity index is 2.69. The van der Waals surface area contributed by atoms with Gasteiger partial charge in [-0.2, -0.15) is 0 Å². The van der Waals surface area contributed by atoms with Gasteiger partial charge in [0.15, 0.2) is 5.96 Å². The quantitative estimate of drug-likeness (QED) is 0.499. The third-order valence-electron chi connectivity index (χ3n) is 2.33. The van der Waals surface area contributed by atoms with Gasteiger partial charge in [0.05, 0.1) is 6.61 Å². The second kappa shape index (κ2) is 7.92. The summed E-state index contributed by atoms with van der Waals surface area (Å²) in [4.78, 5) is 3.75. The van der Waals surface area contributed by atoms with Crippen LogP contribution in [0.3, 0.4) is 0 Å². The molecule has 4 nitrogen and oxygen atoms in total. The zero-order valence-electron chi connectivity index (χ0n) is 10.9. The monoisotopic (exact) mass is 301 g/mol. The van der Waals surface area contributed by atoms with E-state index in [1.54, 1.807) is 19.2 Å². The lowest BCUT2D eigenvalue weighted by molar-refractivity contribution is 0.340. The summed E-state index contributed by atoms with van der Waals surface area (Å²) in [5, 5.41) is 3.79. The summed E-state index contributed by atoms with van der Waals surface area (Å²) in [7, 11) is 1.58. The average Bonchev–Trinajstić information content (AvgIpc) is 2.38. The molecule has 0 heterocycles. The molecular weight excluding hydrogens is 285 g/mol. The van der Waals surface area contributed by atoms with E-state index in [2.05, 4.69) is 10.3 Å². The minimum atomic E-state index is 0.263. The zero-order valence-corrected chi connectivity index (χ0v) is 12.4. The Bertz CT molecular complexity index is 487. The number of aliphatic imine (C=N–C) groups is 1. The van der Waals surface area contributed by atoms with Crippen molar-refractivity contribution in [1.82, 2.24) is 5.32 Å². The Morgan fingerprint density at radius 1 is 1.53 bits per heavy atom. The Hall–Kier alpha value is -1.39. The molecular formula is C13H17Cl2N3O. The van der Waals surface area contributed by atoms with Crippen LogP contribution in [0.4, 0.5) is 0 Å². The second-order valence-electron chi connectivity index (χ2n) is 3.68. The molecule has 0 aliphatic carbocycles. The number of ether oxygens (including phenoxy) is 1. The topological polar surface area (TPSA) is 59.6 Å². The van der Waals surface area contributed by atoms with Crippen LogP contribution in [-0.4, -0.2) is 19.6 Å². The first-order valence-corrected chi connectivity index (χ1v) is 6.58. The number of hydrogen-bond donors (Lipinski definition) is 2. The van der Waals surface area contributed by atoms with E-state index in [4.69, 9.17) is 33.7 Å². The maximum Gasteiger partial charge on any atom is 0.193 e. The third kappa shape index (κ3) is 5.41. The van der Waals surface area contributed by atoms with Gasteiger partial charge in [-0.3, -0.25) is 4.99 Å². The van der Waals surface area contributed by atoms with Crippen molar-refractivity contribution in [2.75, 3.05) is 13.7 Å². The standard InChI is InChI=1S/C13H17Cl2N3O/c1-3-19-10-6-4-9(11(14)8-10)5-7-12(15)18-13(16)17-2/h4,6-8H,3,5H2,1-2H3,(H3,16,17,18)/b12-7-. The molecule has 0 spiro atoms. The number of nitrogens with two attached hydrogens (primary N) is 1. The highest BCUT2D eigenvalue weighted by Crippen LogP contribution is 2.23. The van der Waals surface area contributed by atoms with Crippen molar-refractivity contribution in [3.8, 4) is 5.75 Å². The fourth-order valence-electron chi connectivity index (χ4n) is 1.38. The second-order valence-corrected chi connectivity index (χ2v) is 4.49. The van der Waals surface area contributed by atoms with Gasteiger partial charge in [-0.25, -0.2) is 0 Å². The van der Waals surface area contributed by atoms with Gasteiger partial charge in [-0.15, -0.1) is 0 Å². The van der Waals surface area contributed by atoms with Crippen molar-refractivity contribution in [2.24, 2.45) is 10.7 Å². The summed E-state index contributed by atoms with van der Waals surface area (Å²) in [6, 6.07) is 5.57. The Kier molecular flexibility index (Phi) is 6.53. The summed E-state index contributed by atoms with van der Waals surface area (Å²) in [6.45, 7) is 2.54. The molecule has 0 amide bonds. The lowest BCUT2D eigenvalue weighted by Crippen LogP contribution is -2.29. The van der Waals surface area contributed by atoms with Gasteiger partial charge in [-0.05, 0) is 37.1 Å². The molecule has 104 valence electrons. The van der Waals surface area contributed by atoms with Gasteiger partial charge < -0.3 is 15.8 Å². The number of nitrogens with one attached hydrogen (secondary N) is 1. The molecule has 1 aromatic rings. The lowest BCUT2D eigenvalue weighted by Gasteiger charge is -2.07. The highest BCUT2D eigenvalue weighted by atomic mass is 35.5. The zero-order chi connectivity index (χ0) is 14.3. The summed E-state index contributed by atoms with van der Waals surface area (Å²) in [5.74, 6) is 1.02. The van der Waals surface area contributed by atoms with Crippen molar-refractivity contribution >= 4 is 29.2 Å². The van der Waals surface area contributed by atoms with Crippen molar-refractivity contribution in [2.45, 2.75) is 13.3 Å². The molecule has 1 aromatic carbocycles. The van der Waals surface area contributed by atoms with Crippen molar-refractivity contribution in [3.63, 3.8) is 0 Å². The van der Waals surface area contributed by atoms with E-state index in [0.717, 1.165) is 11.3 Å². The highest BCUT2D eigenvalue weighted by Gasteiger charge is 2.02. The van der Waals surface area contributed by atoms with Gasteiger partial charge in [0.25, 0.3) is 0 Å². The third-order valence-corrected chi connectivity index (χ3v) is 2.93. The highest BCUT2D eigenvalue weighted by molar-refractivity contribution is 6.31. The van der Waals surface area contributed by atoms with E-state index in [0.29, 0.717) is 23.2 Å². The smallest absolute Gasteiger partial charge is 0.193 e. The van der Waals surface area contributed by atoms with Gasteiger partial charge in [0.1, 0.15) is 10.9 Å². The molecule has 6 heteroatoms. The van der Waals surface area contributed by atoms with Crippen LogP contribution in [-0.2, 0) is 6.42 Å². The number of benzene rings is 1. The van der Waals surface area contributed by atoms with E-state index >= 15 is 0 Å². The SMILES string of the molecule is CCOc1ccc(C/C=C(/Cl)NC(N)=NC)c(Cl)c1. The number of allylic oxidation sites excluding steroid dienone is 1. The first-order chi connectivity index (χ1) is 9.06. The molecule has 0 fully saturated rings. The predicted octanol–water partition coefficient (Wildman–Crippen LogP) is 2.90. The van der Waals surface area contributed by atoms with Gasteiger partial charge in [-0.1, -0.05) is 29.3 Å². The van der Waals surface area contributed by atoms with Crippen LogP contribution in [0.5, 0.6) is 5.75 Å². The number of hydrogen-bond acceptors (Lipinski definition) is 2. The van der Waals surface area contributed by atoms with Crippen molar-refractivity contribution in [1.29, 1.82) is 0 Å². The van der Waals surface area contributed by atoms with Gasteiger partial charge in [0.2, 0.25) is 0 Å². The van der Waals surface area contributed by atoms with Crippen LogP contribution >= 0.6 is 23.2 Å². The first kappa shape index (κ1) is 15.7. The van der Waals surface area contributed by atoms with Crippen LogP contribution in [0.15, 0.2) is 34.4 Å². The molecule has 1 rings (SSSR count). The van der Waals surface area contributed by atoms with E-state index in [-0.39, 0.29) is 5.96 Å². The Morgan fingerprint density at radius 2 is 2.26 bits per heavy atom. The molecule has 0 atom stereocenters. The molecule has 3 N–H and O–H groups in total. The molecule has 19 heavy (non-hydrogen) atoms. The number of halogens is 2. The van der Waals surface area contributed by atoms with Crippen LogP contribution in [0.1, 0.15) is 12.5 Å². The normalized spacial score (nSPS) is 12.4. The molecule has 0 bridgehead atoms. The maximum absolute atomic E-state index is 6.16. The number of guanidine groups is 1. The largest absolute Gasteiger partial charge is 0.494 e. The van der Waals surface area contributed by atoms with Crippen LogP contribution < -0.4 is 15.8 Å². The van der Waals surface area contributed by atoms with E-state index in [9.17, 15) is 0 Å². The Labute approximate surface area is 123 Å². The molecule has 0 saturated carbocycles. The fourth-order valence-corrected chi connectivity index (χ4v) is 1.80. The summed E-state index contributed by atoms with van der Waals surface area (Å²) in [6.07, 6.45) is 2.37. The predicted molar refractivity (Wildman–Crippen MR) is 80.9 cm³/mol. The minimum absolute atomic E-state index is 0.263. The first-order valence-electron chi connectivity index (χ1n) is 5.83. The van der Waals surface area contributed by atoms with E-state index < -0.39 is 0 Å². The summed E-state index contributed by atoms with van der Waals surface area (Å²) in [5.41, 5.74) is 6.45. The fraction of sp³-hybridized carbons (Fsp3) is 0.308. The van der Waals surface area contributed by atoms with E-state index in [1.807, 2.05) is 19.1 Å². The van der Waals surface area contributed by atoms with Crippen molar-refractivity contribution < 1.29 is 4.74 Å². The van der Waals surface area contributed by atoms with Crippen molar-refractivity contribution in [3.05, 3.63) is 40.0 Å². The van der Waals surface area contributed by atoms with Crippen LogP contribution in [0, 0.1) is 0 Å². The maximum atomic E-state index is 6.16. The van der Waals surface area contributed by atoms with E-state index in [1.165, 1.54) is 0 Å². The summed E-state index contributed by atoms with van der Waals surface area (Å²) >= 11 is 12.1. The molecule has 0 aliphatic rings. The van der Waals surface area contributed by atoms with Gasteiger partial charge in [0, 0.05) is 12.1 Å². The summed E-state index contributed by atoms with van der Waals surface area (Å²) < 4.78 is 5.36. The molecule has 0 aromatic heterocycles. The number of nitrogens with zero attached hydrogens (tertiary/aromatic N) is 1. The molecule has 0 radical (unpaired) electrons. The van der Waals surface area contributed by atoms with Gasteiger partial charge >= 0.3 is 0 Å². The van der Waals surface area contributed by atoms with Crippen LogP contribution in [0.2, 0.25) is 5.02 Å². The lowest BCUT2D eigenvalue weighted by atomic mass is 10.1. The average molecular weight is 302 g/mol. The minimum Gasteiger partial charge on any atom is -0.494 e. The van der Waals surface area contributed by atoms with Crippen LogP contribution in [0.25, 0.3) is 0 Å².